The third-order valence-corrected chi connectivity index (χ3v) is 4.17. The van der Waals surface area contributed by atoms with Crippen LogP contribution in [0.1, 0.15) is 29.5 Å². The fourth-order valence-electron chi connectivity index (χ4n) is 2.95. The highest BCUT2D eigenvalue weighted by Crippen LogP contribution is 2.26. The van der Waals surface area contributed by atoms with E-state index in [4.69, 9.17) is 4.74 Å². The van der Waals surface area contributed by atoms with Crippen LogP contribution in [0, 0.1) is 0 Å². The van der Waals surface area contributed by atoms with Gasteiger partial charge < -0.3 is 10.1 Å². The molecule has 2 nitrogen and oxygen atoms in total. The molecule has 1 aliphatic heterocycles. The summed E-state index contributed by atoms with van der Waals surface area (Å²) in [5, 5.41) is 3.49. The van der Waals surface area contributed by atoms with Crippen LogP contribution in [0.4, 0.5) is 0 Å². The molecule has 1 N–H and O–H groups in total. The first kappa shape index (κ1) is 14.2. The van der Waals surface area contributed by atoms with Gasteiger partial charge in [-0.1, -0.05) is 43.3 Å². The SMILES string of the molecule is C[C@H]1CNCCc2cc(OCCc3ccccc3)ccc21. The Morgan fingerprint density at radius 3 is 2.86 bits per heavy atom. The second-order valence-corrected chi connectivity index (χ2v) is 5.80. The first-order valence-corrected chi connectivity index (χ1v) is 7.83. The number of rotatable bonds is 4. The van der Waals surface area contributed by atoms with E-state index < -0.39 is 0 Å². The van der Waals surface area contributed by atoms with Gasteiger partial charge in [0.2, 0.25) is 0 Å². The van der Waals surface area contributed by atoms with Crippen molar-refractivity contribution < 1.29 is 4.74 Å². The molecule has 0 radical (unpaired) electrons. The van der Waals surface area contributed by atoms with Crippen LogP contribution in [0.3, 0.4) is 0 Å². The van der Waals surface area contributed by atoms with Crippen molar-refractivity contribution in [2.24, 2.45) is 0 Å². The van der Waals surface area contributed by atoms with E-state index in [1.807, 2.05) is 6.07 Å². The Bertz CT molecular complexity index is 579. The standard InChI is InChI=1S/C19H23NO/c1-15-14-20-11-9-17-13-18(7-8-19(15)17)21-12-10-16-5-3-2-4-6-16/h2-8,13,15,20H,9-12,14H2,1H3/t15-/m0/s1. The molecular formula is C19H23NO. The maximum absolute atomic E-state index is 5.93. The molecule has 2 heteroatoms. The molecule has 0 unspecified atom stereocenters. The molecule has 0 aliphatic carbocycles. The van der Waals surface area contributed by atoms with Crippen molar-refractivity contribution in [2.75, 3.05) is 19.7 Å². The molecule has 0 saturated heterocycles. The largest absolute Gasteiger partial charge is 0.493 e. The van der Waals surface area contributed by atoms with Gasteiger partial charge in [-0.3, -0.25) is 0 Å². The predicted octanol–water partition coefficient (Wildman–Crippen LogP) is 3.56. The highest BCUT2D eigenvalue weighted by molar-refractivity contribution is 5.38. The number of hydrogen-bond donors (Lipinski definition) is 1. The first-order valence-electron chi connectivity index (χ1n) is 7.83. The molecule has 0 spiro atoms. The summed E-state index contributed by atoms with van der Waals surface area (Å²) in [5.74, 6) is 1.58. The summed E-state index contributed by atoms with van der Waals surface area (Å²) in [4.78, 5) is 0. The lowest BCUT2D eigenvalue weighted by Gasteiger charge is -2.14. The van der Waals surface area contributed by atoms with Gasteiger partial charge in [-0.25, -0.2) is 0 Å². The lowest BCUT2D eigenvalue weighted by atomic mass is 9.95. The van der Waals surface area contributed by atoms with Crippen molar-refractivity contribution in [2.45, 2.75) is 25.7 Å². The number of benzene rings is 2. The van der Waals surface area contributed by atoms with Crippen LogP contribution in [-0.4, -0.2) is 19.7 Å². The van der Waals surface area contributed by atoms with E-state index in [0.29, 0.717) is 5.92 Å². The minimum absolute atomic E-state index is 0.584. The zero-order chi connectivity index (χ0) is 14.5. The van der Waals surface area contributed by atoms with Gasteiger partial charge in [-0.15, -0.1) is 0 Å². The second-order valence-electron chi connectivity index (χ2n) is 5.80. The van der Waals surface area contributed by atoms with Crippen molar-refractivity contribution >= 4 is 0 Å². The summed E-state index contributed by atoms with van der Waals surface area (Å²) in [6.07, 6.45) is 2.05. The topological polar surface area (TPSA) is 21.3 Å². The van der Waals surface area contributed by atoms with Crippen molar-refractivity contribution in [1.29, 1.82) is 0 Å². The number of hydrogen-bond acceptors (Lipinski definition) is 2. The van der Waals surface area contributed by atoms with Gasteiger partial charge in [0.05, 0.1) is 6.61 Å². The summed E-state index contributed by atoms with van der Waals surface area (Å²) in [5.41, 5.74) is 4.23. The summed E-state index contributed by atoms with van der Waals surface area (Å²) in [6.45, 7) is 5.15. The fraction of sp³-hybridized carbons (Fsp3) is 0.368. The van der Waals surface area contributed by atoms with Crippen molar-refractivity contribution in [3.05, 3.63) is 65.2 Å². The molecule has 110 valence electrons. The number of ether oxygens (including phenoxy) is 1. The summed E-state index contributed by atoms with van der Waals surface area (Å²) in [6, 6.07) is 17.1. The molecule has 0 saturated carbocycles. The van der Waals surface area contributed by atoms with Crippen molar-refractivity contribution in [3.63, 3.8) is 0 Å². The molecule has 2 aromatic carbocycles. The summed E-state index contributed by atoms with van der Waals surface area (Å²) >= 11 is 0. The quantitative estimate of drug-likeness (QED) is 0.925. The van der Waals surface area contributed by atoms with Crippen LogP contribution < -0.4 is 10.1 Å². The first-order chi connectivity index (χ1) is 10.3. The van der Waals surface area contributed by atoms with Crippen LogP contribution >= 0.6 is 0 Å². The molecule has 0 fully saturated rings. The molecule has 3 rings (SSSR count). The molecule has 0 amide bonds. The Balaban J connectivity index is 1.63. The Kier molecular flexibility index (Phi) is 4.56. The van der Waals surface area contributed by atoms with Gasteiger partial charge in [0.15, 0.2) is 0 Å². The van der Waals surface area contributed by atoms with E-state index in [2.05, 4.69) is 54.7 Å². The van der Waals surface area contributed by atoms with E-state index in [9.17, 15) is 0 Å². The highest BCUT2D eigenvalue weighted by atomic mass is 16.5. The van der Waals surface area contributed by atoms with Crippen LogP contribution in [0.5, 0.6) is 5.75 Å². The Morgan fingerprint density at radius 2 is 2.00 bits per heavy atom. The Hall–Kier alpha value is -1.80. The van der Waals surface area contributed by atoms with Crippen LogP contribution in [0.2, 0.25) is 0 Å². The highest BCUT2D eigenvalue weighted by Gasteiger charge is 2.14. The maximum atomic E-state index is 5.93. The van der Waals surface area contributed by atoms with E-state index in [1.54, 1.807) is 0 Å². The van der Waals surface area contributed by atoms with Crippen LogP contribution in [0.25, 0.3) is 0 Å². The minimum atomic E-state index is 0.584. The van der Waals surface area contributed by atoms with Gasteiger partial charge in [0, 0.05) is 13.0 Å². The zero-order valence-corrected chi connectivity index (χ0v) is 12.6. The fourth-order valence-corrected chi connectivity index (χ4v) is 2.95. The molecule has 1 aliphatic rings. The van der Waals surface area contributed by atoms with Crippen molar-refractivity contribution in [1.82, 2.24) is 5.32 Å². The normalized spacial score (nSPS) is 17.9. The lowest BCUT2D eigenvalue weighted by Crippen LogP contribution is -2.18. The van der Waals surface area contributed by atoms with Crippen LogP contribution in [0.15, 0.2) is 48.5 Å². The molecular weight excluding hydrogens is 258 g/mol. The Labute approximate surface area is 127 Å². The zero-order valence-electron chi connectivity index (χ0n) is 12.6. The molecule has 2 aromatic rings. The smallest absolute Gasteiger partial charge is 0.119 e. The second kappa shape index (κ2) is 6.77. The average molecular weight is 281 g/mol. The third kappa shape index (κ3) is 3.64. The number of fused-ring (bicyclic) bond motifs is 1. The average Bonchev–Trinajstić information content (AvgIpc) is 2.70. The summed E-state index contributed by atoms with van der Waals surface area (Å²) in [7, 11) is 0. The van der Waals surface area contributed by atoms with E-state index >= 15 is 0 Å². The van der Waals surface area contributed by atoms with E-state index in [1.165, 1.54) is 16.7 Å². The minimum Gasteiger partial charge on any atom is -0.493 e. The van der Waals surface area contributed by atoms with Gasteiger partial charge in [0.25, 0.3) is 0 Å². The monoisotopic (exact) mass is 281 g/mol. The molecule has 21 heavy (non-hydrogen) atoms. The van der Waals surface area contributed by atoms with Crippen LogP contribution in [-0.2, 0) is 12.8 Å². The van der Waals surface area contributed by atoms with Crippen molar-refractivity contribution in [3.8, 4) is 5.75 Å². The van der Waals surface area contributed by atoms with Gasteiger partial charge >= 0.3 is 0 Å². The number of nitrogens with one attached hydrogen (secondary N) is 1. The third-order valence-electron chi connectivity index (χ3n) is 4.17. The predicted molar refractivity (Wildman–Crippen MR) is 87.1 cm³/mol. The van der Waals surface area contributed by atoms with E-state index in [0.717, 1.165) is 38.3 Å². The Morgan fingerprint density at radius 1 is 1.14 bits per heavy atom. The molecule has 0 bridgehead atoms. The molecule has 1 atom stereocenters. The molecule has 1 heterocycles. The van der Waals surface area contributed by atoms with Gasteiger partial charge in [-0.05, 0) is 47.7 Å². The van der Waals surface area contributed by atoms with Gasteiger partial charge in [-0.2, -0.15) is 0 Å². The van der Waals surface area contributed by atoms with Gasteiger partial charge in [0.1, 0.15) is 5.75 Å². The molecule has 0 aromatic heterocycles. The lowest BCUT2D eigenvalue weighted by molar-refractivity contribution is 0.321. The van der Waals surface area contributed by atoms with E-state index in [-0.39, 0.29) is 0 Å². The maximum Gasteiger partial charge on any atom is 0.119 e. The summed E-state index contributed by atoms with van der Waals surface area (Å²) < 4.78 is 5.93.